The van der Waals surface area contributed by atoms with Crippen molar-refractivity contribution in [3.63, 3.8) is 0 Å². The van der Waals surface area contributed by atoms with E-state index in [0.717, 1.165) is 42.1 Å². The second-order valence-corrected chi connectivity index (χ2v) is 11.1. The zero-order valence-electron chi connectivity index (χ0n) is 24.1. The summed E-state index contributed by atoms with van der Waals surface area (Å²) in [5.41, 5.74) is 8.43. The number of methoxy groups -OCH3 is 1. The van der Waals surface area contributed by atoms with Gasteiger partial charge in [0, 0.05) is 30.6 Å². The number of halogens is 1. The third kappa shape index (κ3) is 9.94. The van der Waals surface area contributed by atoms with Crippen molar-refractivity contribution in [3.05, 3.63) is 81.4 Å². The minimum atomic E-state index is 0.00171. The van der Waals surface area contributed by atoms with Crippen LogP contribution in [-0.4, -0.2) is 36.3 Å². The second kappa shape index (κ2) is 16.8. The Labute approximate surface area is 241 Å². The number of hydrogen-bond acceptors (Lipinski definition) is 3. The lowest BCUT2D eigenvalue weighted by atomic mass is 9.86. The summed E-state index contributed by atoms with van der Waals surface area (Å²) in [7, 11) is 1.79. The highest BCUT2D eigenvalue weighted by atomic mass is 35.5. The van der Waals surface area contributed by atoms with Gasteiger partial charge in [-0.3, -0.25) is 9.69 Å². The number of carbonyl (C=O) groups is 1. The molecule has 0 saturated carbocycles. The molecule has 2 aromatic rings. The van der Waals surface area contributed by atoms with Gasteiger partial charge in [0.15, 0.2) is 5.12 Å². The monoisotopic (exact) mass is 555 g/mol. The van der Waals surface area contributed by atoms with Crippen LogP contribution in [0.5, 0.6) is 5.75 Å². The summed E-state index contributed by atoms with van der Waals surface area (Å²) in [4.78, 5) is 12.7. The Balaban J connectivity index is 0.000000237. The molecule has 208 valence electrons. The first-order valence-corrected chi connectivity index (χ1v) is 14.7. The molecule has 1 heterocycles. The molecule has 4 rings (SSSR count). The summed E-state index contributed by atoms with van der Waals surface area (Å²) in [6, 6.07) is 15.0. The average Bonchev–Trinajstić information content (AvgIpc) is 2.93. The number of carbonyl (C=O) groups excluding carboxylic acids is 1. The van der Waals surface area contributed by atoms with Crippen molar-refractivity contribution in [2.75, 3.05) is 20.2 Å². The average molecular weight is 556 g/mol. The molecule has 0 amide bonds. The number of aryl methyl sites for hydroxylation is 1. The third-order valence-electron chi connectivity index (χ3n) is 7.57. The molecular weight excluding hydrogens is 510 g/mol. The lowest BCUT2D eigenvalue weighted by molar-refractivity contribution is -0.110. The van der Waals surface area contributed by atoms with E-state index in [0.29, 0.717) is 12.5 Å². The van der Waals surface area contributed by atoms with E-state index in [9.17, 15) is 4.79 Å². The first kappa shape index (κ1) is 32.2. The highest BCUT2D eigenvalue weighted by Gasteiger charge is 2.27. The SMILES string of the molecule is C/C=C(\C)c1ccccc1Cl.CCCCC(=O)S.COc1cccc2c1CC(N1CCC(C)=C(C)C1)CC2. The molecule has 0 N–H and O–H groups in total. The molecule has 1 atom stereocenters. The molecule has 1 aliphatic heterocycles. The number of hydrogen-bond donors (Lipinski definition) is 1. The van der Waals surface area contributed by atoms with Crippen molar-refractivity contribution >= 4 is 34.9 Å². The molecule has 3 nitrogen and oxygen atoms in total. The minimum absolute atomic E-state index is 0.00171. The highest BCUT2D eigenvalue weighted by Crippen LogP contribution is 2.33. The van der Waals surface area contributed by atoms with Crippen molar-refractivity contribution in [2.24, 2.45) is 0 Å². The standard InChI is InChI=1S/C18H25NO.C10H11Cl.C5H10OS/c1-13-9-10-19(12-14(13)2)16-8-7-15-5-4-6-18(20-3)17(15)11-16;1-3-8(2)9-6-4-5-7-10(9)11;1-2-3-4-5(6)7/h4-6,16H,7-12H2,1-3H3;3-7H,1-2H3;2-4H2,1H3,(H,6,7)/b;8-3+;. The lowest BCUT2D eigenvalue weighted by Gasteiger charge is -2.38. The van der Waals surface area contributed by atoms with Crippen LogP contribution in [0.3, 0.4) is 0 Å². The van der Waals surface area contributed by atoms with Gasteiger partial charge in [-0.1, -0.05) is 72.5 Å². The predicted molar refractivity (Wildman–Crippen MR) is 168 cm³/mol. The van der Waals surface area contributed by atoms with E-state index >= 15 is 0 Å². The highest BCUT2D eigenvalue weighted by molar-refractivity contribution is 7.96. The van der Waals surface area contributed by atoms with Gasteiger partial charge < -0.3 is 4.74 Å². The zero-order valence-corrected chi connectivity index (χ0v) is 25.8. The van der Waals surface area contributed by atoms with Crippen LogP contribution in [-0.2, 0) is 17.6 Å². The zero-order chi connectivity index (χ0) is 28.1. The summed E-state index contributed by atoms with van der Waals surface area (Å²) in [6.07, 6.45) is 9.59. The number of benzene rings is 2. The normalized spacial score (nSPS) is 17.5. The summed E-state index contributed by atoms with van der Waals surface area (Å²) in [5.74, 6) is 1.08. The minimum Gasteiger partial charge on any atom is -0.496 e. The van der Waals surface area contributed by atoms with E-state index in [4.69, 9.17) is 16.3 Å². The summed E-state index contributed by atoms with van der Waals surface area (Å²) >= 11 is 9.55. The van der Waals surface area contributed by atoms with E-state index in [1.807, 2.05) is 31.2 Å². The Bertz CT molecular complexity index is 1090. The fourth-order valence-electron chi connectivity index (χ4n) is 4.86. The number of fused-ring (bicyclic) bond motifs is 1. The molecule has 0 fully saturated rings. The maximum Gasteiger partial charge on any atom is 0.185 e. The number of nitrogens with zero attached hydrogens (tertiary/aromatic N) is 1. The van der Waals surface area contributed by atoms with Crippen LogP contribution >= 0.6 is 24.2 Å². The van der Waals surface area contributed by atoms with Gasteiger partial charge in [-0.05, 0) is 94.2 Å². The molecule has 5 heteroatoms. The molecule has 1 aliphatic carbocycles. The molecule has 2 aromatic carbocycles. The first-order valence-electron chi connectivity index (χ1n) is 13.8. The lowest BCUT2D eigenvalue weighted by Crippen LogP contribution is -2.42. The van der Waals surface area contributed by atoms with E-state index in [1.165, 1.54) is 42.5 Å². The molecule has 0 spiro atoms. The number of thiol groups is 1. The topological polar surface area (TPSA) is 29.5 Å². The molecule has 38 heavy (non-hydrogen) atoms. The van der Waals surface area contributed by atoms with Gasteiger partial charge in [0.1, 0.15) is 5.75 Å². The van der Waals surface area contributed by atoms with Crippen LogP contribution < -0.4 is 4.74 Å². The molecule has 0 saturated heterocycles. The van der Waals surface area contributed by atoms with Gasteiger partial charge in [0.2, 0.25) is 0 Å². The molecule has 2 aliphatic rings. The molecule has 0 aromatic heterocycles. The Kier molecular flexibility index (Phi) is 14.3. The first-order chi connectivity index (χ1) is 18.2. The van der Waals surface area contributed by atoms with E-state index < -0.39 is 0 Å². The van der Waals surface area contributed by atoms with Crippen molar-refractivity contribution < 1.29 is 9.53 Å². The van der Waals surface area contributed by atoms with Gasteiger partial charge in [0.05, 0.1) is 7.11 Å². The van der Waals surface area contributed by atoms with Crippen LogP contribution in [0.15, 0.2) is 59.7 Å². The van der Waals surface area contributed by atoms with Crippen molar-refractivity contribution in [2.45, 2.75) is 85.6 Å². The summed E-state index contributed by atoms with van der Waals surface area (Å²) in [5, 5.41) is 0.824. The molecule has 0 radical (unpaired) electrons. The van der Waals surface area contributed by atoms with Crippen LogP contribution in [0.2, 0.25) is 5.02 Å². The van der Waals surface area contributed by atoms with Crippen LogP contribution in [0.1, 0.15) is 83.4 Å². The van der Waals surface area contributed by atoms with Gasteiger partial charge in [-0.2, -0.15) is 0 Å². The summed E-state index contributed by atoms with van der Waals surface area (Å²) < 4.78 is 5.56. The summed E-state index contributed by atoms with van der Waals surface area (Å²) in [6.45, 7) is 13.1. The van der Waals surface area contributed by atoms with Crippen LogP contribution in [0, 0.1) is 0 Å². The van der Waals surface area contributed by atoms with Crippen LogP contribution in [0.25, 0.3) is 5.57 Å². The number of ether oxygens (including phenoxy) is 1. The fourth-order valence-corrected chi connectivity index (χ4v) is 5.30. The Morgan fingerprint density at radius 2 is 1.87 bits per heavy atom. The number of unbranched alkanes of at least 4 members (excludes halogenated alkanes) is 1. The second-order valence-electron chi connectivity index (χ2n) is 10.2. The Morgan fingerprint density at radius 1 is 1.13 bits per heavy atom. The molecule has 1 unspecified atom stereocenters. The maximum atomic E-state index is 10.1. The predicted octanol–water partition coefficient (Wildman–Crippen LogP) is 8.99. The van der Waals surface area contributed by atoms with E-state index in [2.05, 4.69) is 69.5 Å². The van der Waals surface area contributed by atoms with E-state index in [1.54, 1.807) is 18.3 Å². The number of rotatable bonds is 6. The largest absolute Gasteiger partial charge is 0.496 e. The number of allylic oxidation sites excluding steroid dienone is 2. The van der Waals surface area contributed by atoms with Gasteiger partial charge in [-0.15, -0.1) is 12.6 Å². The van der Waals surface area contributed by atoms with Crippen molar-refractivity contribution in [1.29, 1.82) is 0 Å². The van der Waals surface area contributed by atoms with Gasteiger partial charge >= 0.3 is 0 Å². The van der Waals surface area contributed by atoms with E-state index in [-0.39, 0.29) is 5.12 Å². The quantitative estimate of drug-likeness (QED) is 0.285. The third-order valence-corrected chi connectivity index (χ3v) is 8.12. The Morgan fingerprint density at radius 3 is 2.45 bits per heavy atom. The maximum absolute atomic E-state index is 10.1. The molecule has 0 bridgehead atoms. The van der Waals surface area contributed by atoms with Gasteiger partial charge in [-0.25, -0.2) is 0 Å². The van der Waals surface area contributed by atoms with Gasteiger partial charge in [0.25, 0.3) is 0 Å². The Hall–Kier alpha value is -2.01. The fraction of sp³-hybridized carbons (Fsp3) is 0.485. The molecular formula is C33H46ClNO2S. The smallest absolute Gasteiger partial charge is 0.185 e. The van der Waals surface area contributed by atoms with Crippen LogP contribution in [0.4, 0.5) is 0 Å². The van der Waals surface area contributed by atoms with Crippen molar-refractivity contribution in [1.82, 2.24) is 4.90 Å². The van der Waals surface area contributed by atoms with Crippen molar-refractivity contribution in [3.8, 4) is 5.75 Å².